The molecule has 1 heterocycles. The van der Waals surface area contributed by atoms with Crippen molar-refractivity contribution < 1.29 is 4.74 Å². The number of anilines is 1. The van der Waals surface area contributed by atoms with Crippen LogP contribution in [0.2, 0.25) is 0 Å². The maximum absolute atomic E-state index is 5.04. The summed E-state index contributed by atoms with van der Waals surface area (Å²) in [4.78, 5) is 0. The summed E-state index contributed by atoms with van der Waals surface area (Å²) in [5.41, 5.74) is 0. The number of thiocarbonyl (C=S) groups is 1. The Kier molecular flexibility index (Phi) is 3.32. The van der Waals surface area contributed by atoms with Crippen molar-refractivity contribution in [2.75, 3.05) is 11.9 Å². The SMILES string of the molecule is CCOC(=S)Nc1cccs1. The summed E-state index contributed by atoms with van der Waals surface area (Å²) >= 11 is 6.47. The molecule has 0 aliphatic rings. The third-order valence-corrected chi connectivity index (χ3v) is 2.03. The molecule has 0 aliphatic carbocycles. The first kappa shape index (κ1) is 8.49. The zero-order chi connectivity index (χ0) is 8.10. The minimum atomic E-state index is 0.440. The fourth-order valence-corrected chi connectivity index (χ4v) is 1.52. The predicted octanol–water partition coefficient (Wildman–Crippen LogP) is 2.48. The summed E-state index contributed by atoms with van der Waals surface area (Å²) in [5, 5.41) is 6.39. The van der Waals surface area contributed by atoms with E-state index in [1.165, 1.54) is 0 Å². The van der Waals surface area contributed by atoms with Crippen molar-refractivity contribution in [1.82, 2.24) is 0 Å². The Labute approximate surface area is 75.2 Å². The highest BCUT2D eigenvalue weighted by Crippen LogP contribution is 2.14. The van der Waals surface area contributed by atoms with Crippen LogP contribution in [0.4, 0.5) is 5.00 Å². The lowest BCUT2D eigenvalue weighted by molar-refractivity contribution is 0.335. The van der Waals surface area contributed by atoms with Gasteiger partial charge in [0, 0.05) is 0 Å². The number of hydrogen-bond donors (Lipinski definition) is 1. The zero-order valence-electron chi connectivity index (χ0n) is 6.16. The van der Waals surface area contributed by atoms with Gasteiger partial charge in [-0.2, -0.15) is 0 Å². The molecule has 1 rings (SSSR count). The van der Waals surface area contributed by atoms with E-state index in [-0.39, 0.29) is 0 Å². The van der Waals surface area contributed by atoms with Crippen LogP contribution in [0.5, 0.6) is 0 Å². The highest BCUT2D eigenvalue weighted by molar-refractivity contribution is 7.80. The maximum atomic E-state index is 5.04. The van der Waals surface area contributed by atoms with Crippen molar-refractivity contribution in [2.24, 2.45) is 0 Å². The third-order valence-electron chi connectivity index (χ3n) is 1.02. The Morgan fingerprint density at radius 3 is 3.18 bits per heavy atom. The van der Waals surface area contributed by atoms with Crippen molar-refractivity contribution in [2.45, 2.75) is 6.92 Å². The van der Waals surface area contributed by atoms with Crippen LogP contribution in [0.1, 0.15) is 6.92 Å². The van der Waals surface area contributed by atoms with Crippen LogP contribution in [0.15, 0.2) is 17.5 Å². The Hall–Kier alpha value is -0.610. The summed E-state index contributed by atoms with van der Waals surface area (Å²) in [7, 11) is 0. The van der Waals surface area contributed by atoms with Gasteiger partial charge in [-0.3, -0.25) is 0 Å². The summed E-state index contributed by atoms with van der Waals surface area (Å²) in [6.07, 6.45) is 0. The Morgan fingerprint density at radius 2 is 2.64 bits per heavy atom. The summed E-state index contributed by atoms with van der Waals surface area (Å²) < 4.78 is 5.04. The van der Waals surface area contributed by atoms with Gasteiger partial charge < -0.3 is 10.1 Å². The number of hydrogen-bond acceptors (Lipinski definition) is 3. The number of thiophene rings is 1. The van der Waals surface area contributed by atoms with Crippen LogP contribution in [0.25, 0.3) is 0 Å². The first-order valence-electron chi connectivity index (χ1n) is 3.30. The molecule has 0 amide bonds. The number of rotatable bonds is 2. The molecule has 0 unspecified atom stereocenters. The van der Waals surface area contributed by atoms with Gasteiger partial charge >= 0.3 is 0 Å². The summed E-state index contributed by atoms with van der Waals surface area (Å²) in [6, 6.07) is 3.91. The van der Waals surface area contributed by atoms with Crippen LogP contribution in [-0.4, -0.2) is 11.8 Å². The Morgan fingerprint density at radius 1 is 1.82 bits per heavy atom. The van der Waals surface area contributed by atoms with Gasteiger partial charge in [0.15, 0.2) is 0 Å². The average molecular weight is 187 g/mol. The molecule has 1 N–H and O–H groups in total. The lowest BCUT2D eigenvalue weighted by atomic mass is 10.6. The molecule has 0 aliphatic heterocycles. The molecule has 0 fully saturated rings. The first-order chi connectivity index (χ1) is 5.33. The molecule has 0 saturated heterocycles. The minimum Gasteiger partial charge on any atom is -0.471 e. The van der Waals surface area contributed by atoms with E-state index < -0.39 is 0 Å². The van der Waals surface area contributed by atoms with E-state index in [1.807, 2.05) is 24.4 Å². The predicted molar refractivity (Wildman–Crippen MR) is 52.2 cm³/mol. The van der Waals surface area contributed by atoms with Gasteiger partial charge in [0.2, 0.25) is 0 Å². The second-order valence-electron chi connectivity index (χ2n) is 1.82. The molecular formula is C7H9NOS2. The van der Waals surface area contributed by atoms with Gasteiger partial charge in [-0.05, 0) is 36.7 Å². The number of nitrogens with one attached hydrogen (secondary N) is 1. The molecule has 0 saturated carbocycles. The van der Waals surface area contributed by atoms with Gasteiger partial charge in [-0.1, -0.05) is 0 Å². The van der Waals surface area contributed by atoms with Gasteiger partial charge in [-0.25, -0.2) is 0 Å². The maximum Gasteiger partial charge on any atom is 0.261 e. The van der Waals surface area contributed by atoms with Crippen LogP contribution < -0.4 is 5.32 Å². The standard InChI is InChI=1S/C7H9NOS2/c1-2-9-7(10)8-6-4-3-5-11-6/h3-5H,2H2,1H3,(H,8,10). The Bertz CT molecular complexity index is 220. The smallest absolute Gasteiger partial charge is 0.261 e. The van der Waals surface area contributed by atoms with E-state index in [0.717, 1.165) is 5.00 Å². The summed E-state index contributed by atoms with van der Waals surface area (Å²) in [6.45, 7) is 2.51. The minimum absolute atomic E-state index is 0.440. The van der Waals surface area contributed by atoms with Crippen LogP contribution >= 0.6 is 23.6 Å². The van der Waals surface area contributed by atoms with E-state index in [2.05, 4.69) is 5.32 Å². The van der Waals surface area contributed by atoms with Crippen LogP contribution in [-0.2, 0) is 4.74 Å². The molecule has 0 atom stereocenters. The lowest BCUT2D eigenvalue weighted by Crippen LogP contribution is -2.11. The average Bonchev–Trinajstić information content (AvgIpc) is 2.40. The third kappa shape index (κ3) is 2.86. The van der Waals surface area contributed by atoms with Gasteiger partial charge in [0.05, 0.1) is 11.6 Å². The van der Waals surface area contributed by atoms with Gasteiger partial charge in [0.1, 0.15) is 0 Å². The molecule has 2 nitrogen and oxygen atoms in total. The van der Waals surface area contributed by atoms with E-state index in [4.69, 9.17) is 17.0 Å². The second kappa shape index (κ2) is 4.31. The fraction of sp³-hybridized carbons (Fsp3) is 0.286. The van der Waals surface area contributed by atoms with Crippen molar-refractivity contribution in [1.29, 1.82) is 0 Å². The molecule has 0 bridgehead atoms. The van der Waals surface area contributed by atoms with Crippen molar-refractivity contribution in [3.63, 3.8) is 0 Å². The van der Waals surface area contributed by atoms with Crippen LogP contribution in [0, 0.1) is 0 Å². The molecule has 11 heavy (non-hydrogen) atoms. The molecule has 0 radical (unpaired) electrons. The molecule has 60 valence electrons. The molecule has 4 heteroatoms. The second-order valence-corrected chi connectivity index (χ2v) is 3.14. The molecule has 0 spiro atoms. The molecule has 1 aromatic heterocycles. The Balaban J connectivity index is 2.37. The monoisotopic (exact) mass is 187 g/mol. The van der Waals surface area contributed by atoms with Gasteiger partial charge in [0.25, 0.3) is 5.17 Å². The first-order valence-corrected chi connectivity index (χ1v) is 4.59. The lowest BCUT2D eigenvalue weighted by Gasteiger charge is -2.04. The van der Waals surface area contributed by atoms with E-state index >= 15 is 0 Å². The molecule has 1 aromatic rings. The van der Waals surface area contributed by atoms with E-state index in [1.54, 1.807) is 11.3 Å². The summed E-state index contributed by atoms with van der Waals surface area (Å²) in [5.74, 6) is 0. The topological polar surface area (TPSA) is 21.3 Å². The van der Waals surface area contributed by atoms with Crippen molar-refractivity contribution >= 4 is 33.7 Å². The quantitative estimate of drug-likeness (QED) is 0.719. The highest BCUT2D eigenvalue weighted by Gasteiger charge is 1.96. The zero-order valence-corrected chi connectivity index (χ0v) is 7.80. The van der Waals surface area contributed by atoms with Crippen molar-refractivity contribution in [3.05, 3.63) is 17.5 Å². The van der Waals surface area contributed by atoms with E-state index in [0.29, 0.717) is 11.8 Å². The van der Waals surface area contributed by atoms with Gasteiger partial charge in [-0.15, -0.1) is 11.3 Å². The van der Waals surface area contributed by atoms with Crippen molar-refractivity contribution in [3.8, 4) is 0 Å². The molecule has 0 aromatic carbocycles. The van der Waals surface area contributed by atoms with E-state index in [9.17, 15) is 0 Å². The fourth-order valence-electron chi connectivity index (χ4n) is 0.617. The largest absolute Gasteiger partial charge is 0.471 e. The normalized spacial score (nSPS) is 9.18. The van der Waals surface area contributed by atoms with Crippen LogP contribution in [0.3, 0.4) is 0 Å². The number of ether oxygens (including phenoxy) is 1. The highest BCUT2D eigenvalue weighted by atomic mass is 32.1. The molecular weight excluding hydrogens is 178 g/mol.